The first kappa shape index (κ1) is 11.3. The summed E-state index contributed by atoms with van der Waals surface area (Å²) in [6, 6.07) is 5.98. The van der Waals surface area contributed by atoms with Crippen molar-refractivity contribution in [3.05, 3.63) is 34.4 Å². The van der Waals surface area contributed by atoms with Crippen molar-refractivity contribution in [2.45, 2.75) is 26.3 Å². The van der Waals surface area contributed by atoms with E-state index >= 15 is 0 Å². The van der Waals surface area contributed by atoms with Gasteiger partial charge in [0.2, 0.25) is 0 Å². The van der Waals surface area contributed by atoms with Crippen LogP contribution >= 0.6 is 0 Å². The topological polar surface area (TPSA) is 67.9 Å². The SMILES string of the molecule is CC(C)(C)/N=N/c1ccc([N+](=O)[O-])cc1. The standard InChI is InChI=1S/C10H13N3O2/c1-10(2,3)12-11-8-4-6-9(7-5-8)13(14)15/h4-7H,1-3H3/b12-11+. The minimum Gasteiger partial charge on any atom is -0.258 e. The van der Waals surface area contributed by atoms with Crippen LogP contribution in [0.2, 0.25) is 0 Å². The average molecular weight is 207 g/mol. The van der Waals surface area contributed by atoms with E-state index in [0.717, 1.165) is 0 Å². The Bertz CT molecular complexity index is 377. The van der Waals surface area contributed by atoms with Gasteiger partial charge in [-0.1, -0.05) is 0 Å². The number of azo groups is 1. The van der Waals surface area contributed by atoms with Gasteiger partial charge in [-0.05, 0) is 32.9 Å². The molecule has 0 spiro atoms. The van der Waals surface area contributed by atoms with Crippen molar-refractivity contribution in [2.24, 2.45) is 10.2 Å². The van der Waals surface area contributed by atoms with Crippen molar-refractivity contribution in [1.82, 2.24) is 0 Å². The van der Waals surface area contributed by atoms with E-state index in [-0.39, 0.29) is 11.2 Å². The van der Waals surface area contributed by atoms with Crippen LogP contribution in [0.1, 0.15) is 20.8 Å². The lowest BCUT2D eigenvalue weighted by Gasteiger charge is -2.08. The number of nitro benzene ring substituents is 1. The van der Waals surface area contributed by atoms with Gasteiger partial charge in [0.05, 0.1) is 16.1 Å². The van der Waals surface area contributed by atoms with E-state index in [1.54, 1.807) is 12.1 Å². The number of benzene rings is 1. The highest BCUT2D eigenvalue weighted by atomic mass is 16.6. The van der Waals surface area contributed by atoms with Gasteiger partial charge in [0, 0.05) is 12.1 Å². The molecule has 0 N–H and O–H groups in total. The molecule has 0 amide bonds. The Labute approximate surface area is 88.0 Å². The van der Waals surface area contributed by atoms with Gasteiger partial charge in [0.1, 0.15) is 0 Å². The molecular weight excluding hydrogens is 194 g/mol. The molecule has 15 heavy (non-hydrogen) atoms. The van der Waals surface area contributed by atoms with Crippen molar-refractivity contribution in [3.8, 4) is 0 Å². The minimum atomic E-state index is -0.440. The predicted molar refractivity (Wildman–Crippen MR) is 57.4 cm³/mol. The quantitative estimate of drug-likeness (QED) is 0.423. The summed E-state index contributed by atoms with van der Waals surface area (Å²) in [5.41, 5.74) is 0.446. The van der Waals surface area contributed by atoms with Crippen LogP contribution < -0.4 is 0 Å². The molecule has 0 unspecified atom stereocenters. The van der Waals surface area contributed by atoms with E-state index < -0.39 is 4.92 Å². The Hall–Kier alpha value is -1.78. The molecule has 0 fully saturated rings. The number of hydrogen-bond acceptors (Lipinski definition) is 4. The first-order chi connectivity index (χ1) is 6.88. The van der Waals surface area contributed by atoms with Crippen molar-refractivity contribution in [1.29, 1.82) is 0 Å². The molecular formula is C10H13N3O2. The van der Waals surface area contributed by atoms with Gasteiger partial charge in [-0.25, -0.2) is 0 Å². The maximum Gasteiger partial charge on any atom is 0.269 e. The van der Waals surface area contributed by atoms with Crippen LogP contribution in [0.5, 0.6) is 0 Å². The van der Waals surface area contributed by atoms with Crippen LogP contribution in [0.25, 0.3) is 0 Å². The van der Waals surface area contributed by atoms with E-state index in [0.29, 0.717) is 5.69 Å². The fourth-order valence-electron chi connectivity index (χ4n) is 0.849. The highest BCUT2D eigenvalue weighted by molar-refractivity contribution is 5.43. The molecule has 0 bridgehead atoms. The molecule has 5 heteroatoms. The van der Waals surface area contributed by atoms with E-state index in [1.165, 1.54) is 12.1 Å². The van der Waals surface area contributed by atoms with Crippen LogP contribution in [-0.2, 0) is 0 Å². The van der Waals surface area contributed by atoms with E-state index in [9.17, 15) is 10.1 Å². The fourth-order valence-corrected chi connectivity index (χ4v) is 0.849. The molecule has 0 aliphatic heterocycles. The third-order valence-electron chi connectivity index (χ3n) is 1.53. The lowest BCUT2D eigenvalue weighted by Crippen LogP contribution is -2.07. The van der Waals surface area contributed by atoms with Crippen LogP contribution in [0.4, 0.5) is 11.4 Å². The summed E-state index contributed by atoms with van der Waals surface area (Å²) < 4.78 is 0. The van der Waals surface area contributed by atoms with Gasteiger partial charge in [-0.15, -0.1) is 0 Å². The smallest absolute Gasteiger partial charge is 0.258 e. The molecule has 0 heterocycles. The Kier molecular flexibility index (Phi) is 3.14. The average Bonchev–Trinajstić information content (AvgIpc) is 2.14. The van der Waals surface area contributed by atoms with E-state index in [4.69, 9.17) is 0 Å². The third kappa shape index (κ3) is 3.84. The predicted octanol–water partition coefficient (Wildman–Crippen LogP) is 3.48. The molecule has 1 aromatic carbocycles. The van der Waals surface area contributed by atoms with E-state index in [1.807, 2.05) is 20.8 Å². The second kappa shape index (κ2) is 4.16. The van der Waals surface area contributed by atoms with Gasteiger partial charge in [0.15, 0.2) is 0 Å². The fraction of sp³-hybridized carbons (Fsp3) is 0.400. The summed E-state index contributed by atoms with van der Waals surface area (Å²) in [5.74, 6) is 0. The van der Waals surface area contributed by atoms with Crippen molar-refractivity contribution in [2.75, 3.05) is 0 Å². The molecule has 0 atom stereocenters. The maximum atomic E-state index is 10.4. The summed E-state index contributed by atoms with van der Waals surface area (Å²) in [5, 5.41) is 18.4. The molecule has 0 saturated heterocycles. The van der Waals surface area contributed by atoms with Crippen molar-refractivity contribution in [3.63, 3.8) is 0 Å². The molecule has 1 rings (SSSR count). The first-order valence-corrected chi connectivity index (χ1v) is 4.56. The number of rotatable bonds is 2. The number of hydrogen-bond donors (Lipinski definition) is 0. The Balaban J connectivity index is 2.82. The zero-order valence-corrected chi connectivity index (χ0v) is 8.97. The largest absolute Gasteiger partial charge is 0.269 e. The molecule has 0 radical (unpaired) electrons. The number of nitro groups is 1. The maximum absolute atomic E-state index is 10.4. The van der Waals surface area contributed by atoms with Gasteiger partial charge in [-0.3, -0.25) is 10.1 Å². The lowest BCUT2D eigenvalue weighted by molar-refractivity contribution is -0.384. The highest BCUT2D eigenvalue weighted by Crippen LogP contribution is 2.20. The molecule has 0 aliphatic carbocycles. The lowest BCUT2D eigenvalue weighted by atomic mass is 10.1. The summed E-state index contributed by atoms with van der Waals surface area (Å²) in [6.07, 6.45) is 0. The summed E-state index contributed by atoms with van der Waals surface area (Å²) in [4.78, 5) is 9.94. The van der Waals surface area contributed by atoms with Crippen LogP contribution in [-0.4, -0.2) is 10.5 Å². The monoisotopic (exact) mass is 207 g/mol. The number of nitrogens with zero attached hydrogens (tertiary/aromatic N) is 3. The number of non-ortho nitro benzene ring substituents is 1. The zero-order chi connectivity index (χ0) is 11.5. The molecule has 0 aromatic heterocycles. The molecule has 5 nitrogen and oxygen atoms in total. The van der Waals surface area contributed by atoms with Gasteiger partial charge in [0.25, 0.3) is 5.69 Å². The second-order valence-corrected chi connectivity index (χ2v) is 4.14. The minimum absolute atomic E-state index is 0.0599. The van der Waals surface area contributed by atoms with Crippen molar-refractivity contribution >= 4 is 11.4 Å². The zero-order valence-electron chi connectivity index (χ0n) is 8.97. The van der Waals surface area contributed by atoms with Crippen LogP contribution in [0.15, 0.2) is 34.5 Å². The van der Waals surface area contributed by atoms with Gasteiger partial charge >= 0.3 is 0 Å². The highest BCUT2D eigenvalue weighted by Gasteiger charge is 2.07. The second-order valence-electron chi connectivity index (χ2n) is 4.14. The van der Waals surface area contributed by atoms with Crippen molar-refractivity contribution < 1.29 is 4.92 Å². The Morgan fingerprint density at radius 3 is 2.13 bits per heavy atom. The summed E-state index contributed by atoms with van der Waals surface area (Å²) in [6.45, 7) is 5.80. The Morgan fingerprint density at radius 1 is 1.20 bits per heavy atom. The van der Waals surface area contributed by atoms with Gasteiger partial charge in [-0.2, -0.15) is 10.2 Å². The summed E-state index contributed by atoms with van der Waals surface area (Å²) in [7, 11) is 0. The molecule has 80 valence electrons. The normalized spacial score (nSPS) is 11.9. The summed E-state index contributed by atoms with van der Waals surface area (Å²) >= 11 is 0. The molecule has 0 aliphatic rings. The van der Waals surface area contributed by atoms with E-state index in [2.05, 4.69) is 10.2 Å². The molecule has 1 aromatic rings. The van der Waals surface area contributed by atoms with Crippen LogP contribution in [0, 0.1) is 10.1 Å². The Morgan fingerprint density at radius 2 is 1.73 bits per heavy atom. The van der Waals surface area contributed by atoms with Gasteiger partial charge < -0.3 is 0 Å². The molecule has 0 saturated carbocycles. The van der Waals surface area contributed by atoms with Crippen LogP contribution in [0.3, 0.4) is 0 Å². The third-order valence-corrected chi connectivity index (χ3v) is 1.53. The first-order valence-electron chi connectivity index (χ1n) is 4.56.